The topological polar surface area (TPSA) is 111 Å². The molecule has 2 amide bonds. The Kier molecular flexibility index (Phi) is 6.16. The van der Waals surface area contributed by atoms with Gasteiger partial charge in [-0.3, -0.25) is 10.1 Å². The largest absolute Gasteiger partial charge is 0.350 e. The van der Waals surface area contributed by atoms with Crippen molar-refractivity contribution in [1.82, 2.24) is 5.43 Å². The molecule has 2 aromatic rings. The number of hydrogen-bond acceptors (Lipinski definition) is 5. The smallest absolute Gasteiger partial charge is 0.332 e. The lowest BCUT2D eigenvalue weighted by molar-refractivity contribution is -0.384. The van der Waals surface area contributed by atoms with Crippen molar-refractivity contribution in [2.75, 3.05) is 0 Å². The van der Waals surface area contributed by atoms with E-state index in [0.717, 1.165) is 10.5 Å². The van der Waals surface area contributed by atoms with Crippen LogP contribution >= 0.6 is 23.4 Å². The maximum atomic E-state index is 10.9. The molecule has 0 saturated heterocycles. The van der Waals surface area contributed by atoms with Gasteiger partial charge >= 0.3 is 6.03 Å². The number of nitro benzene ring substituents is 1. The molecule has 7 nitrogen and oxygen atoms in total. The monoisotopic (exact) mass is 364 g/mol. The molecular formula is C15H13ClN4O3S. The Balaban J connectivity index is 2.20. The predicted octanol–water partition coefficient (Wildman–Crippen LogP) is 3.54. The van der Waals surface area contributed by atoms with Crippen molar-refractivity contribution >= 4 is 41.3 Å². The maximum Gasteiger partial charge on any atom is 0.332 e. The van der Waals surface area contributed by atoms with Crippen LogP contribution in [0.3, 0.4) is 0 Å². The van der Waals surface area contributed by atoms with E-state index >= 15 is 0 Å². The number of nitrogens with two attached hydrogens (primary N) is 1. The zero-order valence-corrected chi connectivity index (χ0v) is 13.9. The van der Waals surface area contributed by atoms with Crippen LogP contribution < -0.4 is 11.2 Å². The van der Waals surface area contributed by atoms with Gasteiger partial charge in [-0.1, -0.05) is 23.7 Å². The number of nitrogens with one attached hydrogen (secondary N) is 1. The Labute approximate surface area is 147 Å². The molecule has 0 aliphatic carbocycles. The number of amides is 2. The number of non-ortho nitro benzene ring substituents is 1. The highest BCUT2D eigenvalue weighted by Gasteiger charge is 2.10. The standard InChI is InChI=1S/C15H13ClN4O3S/c16-12-3-1-10(2-4-12)9-24-14-6-5-13(20(22)23)7-11(14)8-18-19-15(17)21/h1-8H,9H2,(H3,17,19,21). The van der Waals surface area contributed by atoms with E-state index in [-0.39, 0.29) is 5.69 Å². The number of thioether (sulfide) groups is 1. The Morgan fingerprint density at radius 1 is 1.33 bits per heavy atom. The molecule has 0 aliphatic heterocycles. The zero-order valence-electron chi connectivity index (χ0n) is 12.3. The highest BCUT2D eigenvalue weighted by Crippen LogP contribution is 2.28. The summed E-state index contributed by atoms with van der Waals surface area (Å²) in [5.74, 6) is 0.652. The van der Waals surface area contributed by atoms with Gasteiger partial charge in [-0.05, 0) is 23.8 Å². The summed E-state index contributed by atoms with van der Waals surface area (Å²) in [4.78, 5) is 21.9. The van der Waals surface area contributed by atoms with Gasteiger partial charge in [0.1, 0.15) is 0 Å². The minimum absolute atomic E-state index is 0.0635. The van der Waals surface area contributed by atoms with Crippen LogP contribution in [0.5, 0.6) is 0 Å². The fourth-order valence-electron chi connectivity index (χ4n) is 1.79. The van der Waals surface area contributed by atoms with Crippen LogP contribution in [0, 0.1) is 10.1 Å². The van der Waals surface area contributed by atoms with Crippen molar-refractivity contribution in [2.45, 2.75) is 10.6 Å². The number of primary amides is 1. The van der Waals surface area contributed by atoms with Crippen molar-refractivity contribution in [2.24, 2.45) is 10.8 Å². The molecule has 0 spiro atoms. The molecule has 3 N–H and O–H groups in total. The van der Waals surface area contributed by atoms with E-state index in [0.29, 0.717) is 16.3 Å². The molecule has 0 saturated carbocycles. The number of rotatable bonds is 6. The quantitative estimate of drug-likeness (QED) is 0.353. The molecule has 0 heterocycles. The fraction of sp³-hybridized carbons (Fsp3) is 0.0667. The lowest BCUT2D eigenvalue weighted by Crippen LogP contribution is -2.24. The van der Waals surface area contributed by atoms with E-state index in [4.69, 9.17) is 17.3 Å². The number of benzene rings is 2. The normalized spacial score (nSPS) is 10.7. The van der Waals surface area contributed by atoms with Gasteiger partial charge in [0, 0.05) is 33.4 Å². The van der Waals surface area contributed by atoms with Crippen LogP contribution in [0.1, 0.15) is 11.1 Å². The minimum atomic E-state index is -0.813. The predicted molar refractivity (Wildman–Crippen MR) is 94.4 cm³/mol. The number of hydrogen-bond donors (Lipinski definition) is 2. The van der Waals surface area contributed by atoms with Crippen molar-refractivity contribution in [3.05, 3.63) is 68.7 Å². The Hall–Kier alpha value is -2.58. The van der Waals surface area contributed by atoms with E-state index in [1.165, 1.54) is 30.1 Å². The minimum Gasteiger partial charge on any atom is -0.350 e. The number of carbonyl (C=O) groups is 1. The number of urea groups is 1. The van der Waals surface area contributed by atoms with Gasteiger partial charge in [0.25, 0.3) is 5.69 Å². The third kappa shape index (κ3) is 5.25. The highest BCUT2D eigenvalue weighted by molar-refractivity contribution is 7.98. The second-order valence-electron chi connectivity index (χ2n) is 4.63. The third-order valence-corrected chi connectivity index (χ3v) is 4.30. The average Bonchev–Trinajstić information content (AvgIpc) is 2.54. The molecule has 0 aromatic heterocycles. The maximum absolute atomic E-state index is 10.9. The lowest BCUT2D eigenvalue weighted by Gasteiger charge is -2.06. The van der Waals surface area contributed by atoms with E-state index in [9.17, 15) is 14.9 Å². The van der Waals surface area contributed by atoms with Gasteiger partial charge in [-0.15, -0.1) is 11.8 Å². The molecule has 2 aromatic carbocycles. The number of carbonyl (C=O) groups excluding carboxylic acids is 1. The molecule has 9 heteroatoms. The van der Waals surface area contributed by atoms with Gasteiger partial charge in [0.15, 0.2) is 0 Å². The van der Waals surface area contributed by atoms with Gasteiger partial charge in [-0.2, -0.15) is 5.10 Å². The van der Waals surface area contributed by atoms with Crippen LogP contribution in [0.2, 0.25) is 5.02 Å². The summed E-state index contributed by atoms with van der Waals surface area (Å²) in [6, 6.07) is 11.0. The van der Waals surface area contributed by atoms with Crippen LogP contribution in [0.25, 0.3) is 0 Å². The fourth-order valence-corrected chi connectivity index (χ4v) is 2.87. The zero-order chi connectivity index (χ0) is 17.5. The van der Waals surface area contributed by atoms with Crippen molar-refractivity contribution < 1.29 is 9.72 Å². The molecule has 24 heavy (non-hydrogen) atoms. The molecule has 2 rings (SSSR count). The molecule has 0 radical (unpaired) electrons. The van der Waals surface area contributed by atoms with Crippen LogP contribution in [-0.4, -0.2) is 17.2 Å². The Bertz CT molecular complexity index is 781. The van der Waals surface area contributed by atoms with Gasteiger partial charge in [0.2, 0.25) is 0 Å². The number of nitrogens with zero attached hydrogens (tertiary/aromatic N) is 2. The van der Waals surface area contributed by atoms with Crippen molar-refractivity contribution in [1.29, 1.82) is 0 Å². The number of hydrazone groups is 1. The molecule has 124 valence electrons. The second-order valence-corrected chi connectivity index (χ2v) is 6.08. The van der Waals surface area contributed by atoms with Crippen LogP contribution in [0.15, 0.2) is 52.5 Å². The van der Waals surface area contributed by atoms with E-state index < -0.39 is 11.0 Å². The summed E-state index contributed by atoms with van der Waals surface area (Å²) in [6.07, 6.45) is 1.32. The summed E-state index contributed by atoms with van der Waals surface area (Å²) >= 11 is 7.34. The highest BCUT2D eigenvalue weighted by atomic mass is 35.5. The molecule has 0 aliphatic rings. The Morgan fingerprint density at radius 3 is 2.67 bits per heavy atom. The van der Waals surface area contributed by atoms with Crippen molar-refractivity contribution in [3.8, 4) is 0 Å². The van der Waals surface area contributed by atoms with Crippen LogP contribution in [0.4, 0.5) is 10.5 Å². The van der Waals surface area contributed by atoms with Crippen LogP contribution in [-0.2, 0) is 5.75 Å². The molecule has 0 bridgehead atoms. The van der Waals surface area contributed by atoms with Gasteiger partial charge in [0.05, 0.1) is 11.1 Å². The van der Waals surface area contributed by atoms with Gasteiger partial charge < -0.3 is 5.73 Å². The Morgan fingerprint density at radius 2 is 2.04 bits per heavy atom. The second kappa shape index (κ2) is 8.32. The first-order chi connectivity index (χ1) is 11.5. The summed E-state index contributed by atoms with van der Waals surface area (Å²) in [5, 5.41) is 15.2. The summed E-state index contributed by atoms with van der Waals surface area (Å²) < 4.78 is 0. The van der Waals surface area contributed by atoms with E-state index in [1.807, 2.05) is 12.1 Å². The number of nitro groups is 1. The average molecular weight is 365 g/mol. The first-order valence-electron chi connectivity index (χ1n) is 6.70. The van der Waals surface area contributed by atoms with Crippen molar-refractivity contribution in [3.63, 3.8) is 0 Å². The summed E-state index contributed by atoms with van der Waals surface area (Å²) in [6.45, 7) is 0. The van der Waals surface area contributed by atoms with Gasteiger partial charge in [-0.25, -0.2) is 10.2 Å². The third-order valence-electron chi connectivity index (χ3n) is 2.89. The SMILES string of the molecule is NC(=O)NN=Cc1cc([N+](=O)[O-])ccc1SCc1ccc(Cl)cc1. The first kappa shape index (κ1) is 17.8. The molecule has 0 atom stereocenters. The van der Waals surface area contributed by atoms with E-state index in [1.54, 1.807) is 18.2 Å². The summed E-state index contributed by atoms with van der Waals surface area (Å²) in [7, 11) is 0. The molecule has 0 unspecified atom stereocenters. The molecule has 0 fully saturated rings. The summed E-state index contributed by atoms with van der Waals surface area (Å²) in [5.41, 5.74) is 8.50. The van der Waals surface area contributed by atoms with E-state index in [2.05, 4.69) is 10.5 Å². The first-order valence-corrected chi connectivity index (χ1v) is 8.06. The number of halogens is 1. The lowest BCUT2D eigenvalue weighted by atomic mass is 10.2. The molecular weight excluding hydrogens is 352 g/mol.